The van der Waals surface area contributed by atoms with Gasteiger partial charge in [-0.05, 0) is 36.4 Å². The quantitative estimate of drug-likeness (QED) is 0.424. The molecule has 5 rings (SSSR count). The van der Waals surface area contributed by atoms with Gasteiger partial charge in [0.25, 0.3) is 0 Å². The molecule has 5 aromatic rings. The van der Waals surface area contributed by atoms with E-state index < -0.39 is 0 Å². The summed E-state index contributed by atoms with van der Waals surface area (Å²) < 4.78 is 7.10. The van der Waals surface area contributed by atoms with E-state index >= 15 is 0 Å². The predicted molar refractivity (Wildman–Crippen MR) is 125 cm³/mol. The van der Waals surface area contributed by atoms with Gasteiger partial charge in [-0.15, -0.1) is 5.10 Å². The Bertz CT molecular complexity index is 1370. The second kappa shape index (κ2) is 8.35. The molecule has 3 aromatic heterocycles. The monoisotopic (exact) mass is 423 g/mol. The molecule has 2 aromatic carbocycles. The van der Waals surface area contributed by atoms with Gasteiger partial charge in [0.05, 0.1) is 36.1 Å². The van der Waals surface area contributed by atoms with Crippen molar-refractivity contribution >= 4 is 22.8 Å². The van der Waals surface area contributed by atoms with Gasteiger partial charge >= 0.3 is 0 Å². The number of anilines is 2. The van der Waals surface area contributed by atoms with Crippen LogP contribution in [0.25, 0.3) is 28.0 Å². The molecule has 3 N–H and O–H groups in total. The maximum absolute atomic E-state index is 6.55. The van der Waals surface area contributed by atoms with Crippen molar-refractivity contribution in [1.29, 1.82) is 0 Å². The van der Waals surface area contributed by atoms with Crippen molar-refractivity contribution < 1.29 is 4.74 Å². The molecule has 0 bridgehead atoms. The zero-order valence-electron chi connectivity index (χ0n) is 17.4. The predicted octanol–water partition coefficient (Wildman–Crippen LogP) is 4.08. The van der Waals surface area contributed by atoms with Gasteiger partial charge in [0, 0.05) is 11.8 Å². The highest BCUT2D eigenvalue weighted by atomic mass is 16.5. The lowest BCUT2D eigenvalue weighted by Gasteiger charge is -2.09. The first-order valence-corrected chi connectivity index (χ1v) is 10.1. The minimum absolute atomic E-state index is 0.443. The number of para-hydroxylation sites is 1. The molecule has 8 nitrogen and oxygen atoms in total. The Morgan fingerprint density at radius 2 is 1.81 bits per heavy atom. The summed E-state index contributed by atoms with van der Waals surface area (Å²) >= 11 is 0. The van der Waals surface area contributed by atoms with Crippen LogP contribution >= 0.6 is 0 Å². The van der Waals surface area contributed by atoms with Gasteiger partial charge < -0.3 is 15.8 Å². The Morgan fingerprint density at radius 3 is 2.59 bits per heavy atom. The van der Waals surface area contributed by atoms with Gasteiger partial charge in [0.2, 0.25) is 5.95 Å². The smallest absolute Gasteiger partial charge is 0.225 e. The molecule has 0 aliphatic heterocycles. The third kappa shape index (κ3) is 3.69. The van der Waals surface area contributed by atoms with Crippen LogP contribution < -0.4 is 15.8 Å². The van der Waals surface area contributed by atoms with Crippen molar-refractivity contribution in [3.63, 3.8) is 0 Å². The van der Waals surface area contributed by atoms with E-state index in [1.165, 1.54) is 0 Å². The number of hydrogen-bond acceptors (Lipinski definition) is 7. The van der Waals surface area contributed by atoms with Crippen molar-refractivity contribution in [2.75, 3.05) is 18.2 Å². The number of rotatable bonds is 6. The second-order valence-corrected chi connectivity index (χ2v) is 7.13. The van der Waals surface area contributed by atoms with Crippen molar-refractivity contribution in [3.05, 3.63) is 84.7 Å². The van der Waals surface area contributed by atoms with E-state index in [0.717, 1.165) is 22.7 Å². The molecule has 8 heteroatoms. The average Bonchev–Trinajstić information content (AvgIpc) is 3.19. The minimum Gasteiger partial charge on any atom is -0.497 e. The zero-order chi connectivity index (χ0) is 21.9. The van der Waals surface area contributed by atoms with Gasteiger partial charge in [-0.2, -0.15) is 4.98 Å². The van der Waals surface area contributed by atoms with Gasteiger partial charge in [-0.3, -0.25) is 4.98 Å². The highest BCUT2D eigenvalue weighted by Crippen LogP contribution is 2.34. The number of ether oxygens (including phenoxy) is 1. The number of pyridine rings is 1. The number of methoxy groups -OCH3 is 1. The van der Waals surface area contributed by atoms with E-state index in [9.17, 15) is 0 Å². The van der Waals surface area contributed by atoms with Crippen molar-refractivity contribution in [3.8, 4) is 22.7 Å². The molecule has 0 aliphatic rings. The Hall–Kier alpha value is -4.46. The molecule has 0 amide bonds. The first-order valence-electron chi connectivity index (χ1n) is 10.1. The van der Waals surface area contributed by atoms with Crippen molar-refractivity contribution in [1.82, 2.24) is 24.7 Å². The third-order valence-electron chi connectivity index (χ3n) is 5.07. The number of nitrogens with zero attached hydrogens (tertiary/aromatic N) is 5. The zero-order valence-corrected chi connectivity index (χ0v) is 17.4. The maximum Gasteiger partial charge on any atom is 0.225 e. The maximum atomic E-state index is 6.55. The molecule has 0 aliphatic carbocycles. The topological polar surface area (TPSA) is 104 Å². The fraction of sp³-hybridized carbons (Fsp3) is 0.0833. The number of nitrogens with one attached hydrogen (secondary N) is 1. The van der Waals surface area contributed by atoms with Crippen molar-refractivity contribution in [2.45, 2.75) is 6.54 Å². The van der Waals surface area contributed by atoms with Gasteiger partial charge in [0.1, 0.15) is 11.6 Å². The average molecular weight is 423 g/mol. The van der Waals surface area contributed by atoms with Crippen LogP contribution in [-0.2, 0) is 6.54 Å². The molecule has 0 unspecified atom stereocenters. The van der Waals surface area contributed by atoms with Gasteiger partial charge in [-0.25, -0.2) is 9.67 Å². The Balaban J connectivity index is 1.66. The summed E-state index contributed by atoms with van der Waals surface area (Å²) in [6.07, 6.45) is 1.75. The standard InChI is InChI=1S/C24H21N7O/c1-32-19-12-7-8-16(14-19)21-20-22(25)31(18-10-3-2-4-11-18)30-23(20)29-24(28-21)27-15-17-9-5-6-13-26-17/h2-14H,15,25H2,1H3,(H,27,29,30). The lowest BCUT2D eigenvalue weighted by molar-refractivity contribution is 0.415. The van der Waals surface area contributed by atoms with Crippen LogP contribution in [0.5, 0.6) is 5.75 Å². The molecular formula is C24H21N7O. The number of hydrogen-bond donors (Lipinski definition) is 2. The number of nitrogens with two attached hydrogens (primary N) is 1. The van der Waals surface area contributed by atoms with Crippen LogP contribution in [-0.4, -0.2) is 31.8 Å². The molecule has 0 fully saturated rings. The highest BCUT2D eigenvalue weighted by molar-refractivity contribution is 5.99. The van der Waals surface area contributed by atoms with Crippen LogP contribution in [0.4, 0.5) is 11.8 Å². The molecule has 32 heavy (non-hydrogen) atoms. The summed E-state index contributed by atoms with van der Waals surface area (Å²) in [5, 5.41) is 8.62. The SMILES string of the molecule is COc1cccc(-c2nc(NCc3ccccn3)nc3nn(-c4ccccc4)c(N)c23)c1. The normalized spacial score (nSPS) is 10.9. The van der Waals surface area contributed by atoms with E-state index in [4.69, 9.17) is 15.5 Å². The van der Waals surface area contributed by atoms with Crippen LogP contribution in [0, 0.1) is 0 Å². The summed E-state index contributed by atoms with van der Waals surface area (Å²) in [4.78, 5) is 13.8. The van der Waals surface area contributed by atoms with Gasteiger partial charge in [0.15, 0.2) is 5.65 Å². The fourth-order valence-electron chi connectivity index (χ4n) is 3.51. The first-order chi connectivity index (χ1) is 15.7. The highest BCUT2D eigenvalue weighted by Gasteiger charge is 2.19. The molecule has 0 saturated heterocycles. The molecule has 0 radical (unpaired) electrons. The van der Waals surface area contributed by atoms with Crippen molar-refractivity contribution in [2.24, 2.45) is 0 Å². The second-order valence-electron chi connectivity index (χ2n) is 7.13. The Kier molecular flexibility index (Phi) is 5.09. The van der Waals surface area contributed by atoms with E-state index in [1.807, 2.05) is 72.8 Å². The summed E-state index contributed by atoms with van der Waals surface area (Å²) in [5.41, 5.74) is 10.3. The Morgan fingerprint density at radius 1 is 0.969 bits per heavy atom. The number of fused-ring (bicyclic) bond motifs is 1. The number of nitrogen functional groups attached to an aromatic ring is 1. The lowest BCUT2D eigenvalue weighted by atomic mass is 10.1. The minimum atomic E-state index is 0.443. The molecule has 0 saturated carbocycles. The number of benzene rings is 2. The third-order valence-corrected chi connectivity index (χ3v) is 5.07. The van der Waals surface area contributed by atoms with E-state index in [1.54, 1.807) is 18.0 Å². The first kappa shape index (κ1) is 19.5. The summed E-state index contributed by atoms with van der Waals surface area (Å²) in [7, 11) is 1.64. The fourth-order valence-corrected chi connectivity index (χ4v) is 3.51. The molecule has 0 atom stereocenters. The molecular weight excluding hydrogens is 402 g/mol. The lowest BCUT2D eigenvalue weighted by Crippen LogP contribution is -2.06. The molecule has 3 heterocycles. The van der Waals surface area contributed by atoms with Crippen LogP contribution in [0.15, 0.2) is 79.0 Å². The Labute approximate surface area is 184 Å². The van der Waals surface area contributed by atoms with E-state index in [-0.39, 0.29) is 0 Å². The summed E-state index contributed by atoms with van der Waals surface area (Å²) in [6.45, 7) is 0.485. The largest absolute Gasteiger partial charge is 0.497 e. The number of aromatic nitrogens is 5. The summed E-state index contributed by atoms with van der Waals surface area (Å²) in [6, 6.07) is 23.2. The van der Waals surface area contributed by atoms with Gasteiger partial charge in [-0.1, -0.05) is 36.4 Å². The van der Waals surface area contributed by atoms with Crippen LogP contribution in [0.1, 0.15) is 5.69 Å². The molecule has 158 valence electrons. The summed E-state index contributed by atoms with van der Waals surface area (Å²) in [5.74, 6) is 1.64. The van der Waals surface area contributed by atoms with E-state index in [2.05, 4.69) is 20.4 Å². The van der Waals surface area contributed by atoms with Crippen LogP contribution in [0.2, 0.25) is 0 Å². The van der Waals surface area contributed by atoms with E-state index in [0.29, 0.717) is 35.0 Å². The molecule has 0 spiro atoms. The van der Waals surface area contributed by atoms with Crippen LogP contribution in [0.3, 0.4) is 0 Å².